The molecule has 0 spiro atoms. The molecule has 0 atom stereocenters. The number of alkyl halides is 3. The van der Waals surface area contributed by atoms with Crippen molar-refractivity contribution >= 4 is 5.69 Å². The first-order chi connectivity index (χ1) is 11.8. The smallest absolute Gasteiger partial charge is 0.416 e. The highest BCUT2D eigenvalue weighted by Crippen LogP contribution is 2.31. The van der Waals surface area contributed by atoms with Crippen LogP contribution in [0.4, 0.5) is 18.9 Å². The quantitative estimate of drug-likeness (QED) is 0.883. The Labute approximate surface area is 142 Å². The summed E-state index contributed by atoms with van der Waals surface area (Å²) in [6, 6.07) is 11.4. The van der Waals surface area contributed by atoms with Crippen LogP contribution in [0.15, 0.2) is 60.4 Å². The number of phenols is 1. The number of phenolic OH excluding ortho intramolecular Hbond substituents is 1. The summed E-state index contributed by atoms with van der Waals surface area (Å²) in [5, 5.41) is 13.2. The molecule has 1 aliphatic heterocycles. The minimum atomic E-state index is -4.37. The number of nitrogens with one attached hydrogen (secondary N) is 1. The first kappa shape index (κ1) is 17.0. The molecule has 3 rings (SSSR count). The van der Waals surface area contributed by atoms with Gasteiger partial charge in [-0.2, -0.15) is 13.2 Å². The molecular formula is C17H16F3N3O2. The van der Waals surface area contributed by atoms with Crippen molar-refractivity contribution in [3.63, 3.8) is 0 Å². The summed E-state index contributed by atoms with van der Waals surface area (Å²) in [7, 11) is 1.77. The zero-order chi connectivity index (χ0) is 18.0. The number of nitrogens with zero attached hydrogens (tertiary/aromatic N) is 2. The van der Waals surface area contributed by atoms with E-state index in [0.29, 0.717) is 11.4 Å². The van der Waals surface area contributed by atoms with Crippen LogP contribution in [-0.4, -0.2) is 23.8 Å². The van der Waals surface area contributed by atoms with Crippen LogP contribution >= 0.6 is 0 Å². The summed E-state index contributed by atoms with van der Waals surface area (Å²) >= 11 is 0. The molecule has 2 aromatic rings. The molecule has 0 saturated carbocycles. The van der Waals surface area contributed by atoms with Crippen LogP contribution < -0.4 is 15.3 Å². The van der Waals surface area contributed by atoms with Gasteiger partial charge in [-0.25, -0.2) is 0 Å². The van der Waals surface area contributed by atoms with Crippen molar-refractivity contribution in [2.24, 2.45) is 0 Å². The second-order valence-electron chi connectivity index (χ2n) is 5.45. The van der Waals surface area contributed by atoms with Crippen LogP contribution in [0, 0.1) is 0 Å². The second kappa shape index (κ2) is 6.56. The summed E-state index contributed by atoms with van der Waals surface area (Å²) in [4.78, 5) is 0. The summed E-state index contributed by atoms with van der Waals surface area (Å²) in [6.45, 7) is 0.152. The Morgan fingerprint density at radius 2 is 1.76 bits per heavy atom. The van der Waals surface area contributed by atoms with E-state index in [1.165, 1.54) is 12.1 Å². The lowest BCUT2D eigenvalue weighted by Crippen LogP contribution is -2.38. The molecule has 5 nitrogen and oxygen atoms in total. The number of rotatable bonds is 4. The van der Waals surface area contributed by atoms with Gasteiger partial charge in [-0.05, 0) is 36.4 Å². The monoisotopic (exact) mass is 351 g/mol. The van der Waals surface area contributed by atoms with E-state index in [0.717, 1.165) is 17.8 Å². The topological polar surface area (TPSA) is 48.0 Å². The number of ether oxygens (including phenoxy) is 1. The minimum absolute atomic E-state index is 0.115. The van der Waals surface area contributed by atoms with Crippen LogP contribution in [-0.2, 0) is 6.18 Å². The SMILES string of the molecule is CN1NN(c2ccccc2O)C=C1COc1ccc(C(F)(F)F)cc1. The van der Waals surface area contributed by atoms with Gasteiger partial charge in [-0.3, -0.25) is 10.0 Å². The third-order valence-electron chi connectivity index (χ3n) is 3.68. The standard InChI is InChI=1S/C17H16F3N3O2/c1-22-13(10-23(21-22)15-4-2-3-5-16(15)24)11-25-14-8-6-12(7-9-14)17(18,19)20/h2-10,21,24H,11H2,1H3. The lowest BCUT2D eigenvalue weighted by molar-refractivity contribution is -0.137. The highest BCUT2D eigenvalue weighted by molar-refractivity contribution is 5.59. The molecular weight excluding hydrogens is 335 g/mol. The molecule has 0 radical (unpaired) electrons. The molecule has 0 amide bonds. The van der Waals surface area contributed by atoms with Gasteiger partial charge in [0.15, 0.2) is 0 Å². The lowest BCUT2D eigenvalue weighted by Gasteiger charge is -2.21. The predicted molar refractivity (Wildman–Crippen MR) is 86.5 cm³/mol. The van der Waals surface area contributed by atoms with Gasteiger partial charge in [-0.1, -0.05) is 12.1 Å². The van der Waals surface area contributed by atoms with E-state index >= 15 is 0 Å². The van der Waals surface area contributed by atoms with E-state index in [-0.39, 0.29) is 12.4 Å². The third kappa shape index (κ3) is 3.80. The molecule has 0 fully saturated rings. The number of hydrogen-bond acceptors (Lipinski definition) is 5. The molecule has 0 aromatic heterocycles. The molecule has 1 heterocycles. The van der Waals surface area contributed by atoms with Crippen LogP contribution in [0.5, 0.6) is 11.5 Å². The number of benzene rings is 2. The Morgan fingerprint density at radius 3 is 2.40 bits per heavy atom. The number of hydrazine groups is 2. The van der Waals surface area contributed by atoms with Crippen molar-refractivity contribution < 1.29 is 23.0 Å². The number of para-hydroxylation sites is 2. The van der Waals surface area contributed by atoms with Crippen LogP contribution in [0.1, 0.15) is 5.56 Å². The lowest BCUT2D eigenvalue weighted by atomic mass is 10.2. The summed E-state index contributed by atoms with van der Waals surface area (Å²) in [6.07, 6.45) is -2.63. The Hall–Kier alpha value is -2.87. The van der Waals surface area contributed by atoms with E-state index in [4.69, 9.17) is 4.74 Å². The van der Waals surface area contributed by atoms with Crippen LogP contribution in [0.3, 0.4) is 0 Å². The molecule has 0 unspecified atom stereocenters. The van der Waals surface area contributed by atoms with Crippen LogP contribution in [0.2, 0.25) is 0 Å². The van der Waals surface area contributed by atoms with Crippen molar-refractivity contribution in [3.8, 4) is 11.5 Å². The zero-order valence-electron chi connectivity index (χ0n) is 13.3. The van der Waals surface area contributed by atoms with Crippen molar-refractivity contribution in [1.82, 2.24) is 10.5 Å². The molecule has 25 heavy (non-hydrogen) atoms. The van der Waals surface area contributed by atoms with Crippen molar-refractivity contribution in [2.75, 3.05) is 18.7 Å². The molecule has 1 aliphatic rings. The minimum Gasteiger partial charge on any atom is -0.506 e. The summed E-state index contributed by atoms with van der Waals surface area (Å²) in [5.41, 5.74) is 3.60. The average Bonchev–Trinajstić information content (AvgIpc) is 2.93. The maximum atomic E-state index is 12.5. The maximum absolute atomic E-state index is 12.5. The fraction of sp³-hybridized carbons (Fsp3) is 0.176. The number of anilines is 1. The number of likely N-dealkylation sites (N-methyl/N-ethyl adjacent to an activating group) is 1. The van der Waals surface area contributed by atoms with Gasteiger partial charge in [0.05, 0.1) is 11.3 Å². The number of hydrogen-bond donors (Lipinski definition) is 2. The summed E-state index contributed by atoms with van der Waals surface area (Å²) < 4.78 is 43.2. The van der Waals surface area contributed by atoms with E-state index in [2.05, 4.69) is 5.53 Å². The first-order valence-electron chi connectivity index (χ1n) is 7.42. The second-order valence-corrected chi connectivity index (χ2v) is 5.45. The molecule has 2 aromatic carbocycles. The Bertz CT molecular complexity index is 775. The highest BCUT2D eigenvalue weighted by Gasteiger charge is 2.30. The summed E-state index contributed by atoms with van der Waals surface area (Å²) in [5.74, 6) is 0.452. The van der Waals surface area contributed by atoms with Gasteiger partial charge >= 0.3 is 6.18 Å². The van der Waals surface area contributed by atoms with Crippen LogP contribution in [0.25, 0.3) is 0 Å². The van der Waals surface area contributed by atoms with Gasteiger partial charge in [-0.15, -0.1) is 5.53 Å². The average molecular weight is 351 g/mol. The van der Waals surface area contributed by atoms with Crippen molar-refractivity contribution in [2.45, 2.75) is 6.18 Å². The van der Waals surface area contributed by atoms with Gasteiger partial charge in [0.2, 0.25) is 0 Å². The molecule has 132 valence electrons. The maximum Gasteiger partial charge on any atom is 0.416 e. The van der Waals surface area contributed by atoms with E-state index in [9.17, 15) is 18.3 Å². The fourth-order valence-corrected chi connectivity index (χ4v) is 2.31. The zero-order valence-corrected chi connectivity index (χ0v) is 13.3. The third-order valence-corrected chi connectivity index (χ3v) is 3.68. The normalized spacial score (nSPS) is 14.6. The van der Waals surface area contributed by atoms with Gasteiger partial charge < -0.3 is 9.84 Å². The molecule has 0 saturated heterocycles. The van der Waals surface area contributed by atoms with Gasteiger partial charge in [0.25, 0.3) is 0 Å². The van der Waals surface area contributed by atoms with Gasteiger partial charge in [0, 0.05) is 13.2 Å². The van der Waals surface area contributed by atoms with E-state index < -0.39 is 11.7 Å². The van der Waals surface area contributed by atoms with Crippen molar-refractivity contribution in [3.05, 3.63) is 66.0 Å². The fourth-order valence-electron chi connectivity index (χ4n) is 2.31. The highest BCUT2D eigenvalue weighted by atomic mass is 19.4. The van der Waals surface area contributed by atoms with E-state index in [1.54, 1.807) is 47.5 Å². The van der Waals surface area contributed by atoms with Gasteiger partial charge in [0.1, 0.15) is 23.8 Å². The largest absolute Gasteiger partial charge is 0.506 e. The molecule has 0 aliphatic carbocycles. The molecule has 8 heteroatoms. The predicted octanol–water partition coefficient (Wildman–Crippen LogP) is 3.50. The Kier molecular flexibility index (Phi) is 4.45. The number of aromatic hydroxyl groups is 1. The first-order valence-corrected chi connectivity index (χ1v) is 7.42. The van der Waals surface area contributed by atoms with E-state index in [1.807, 2.05) is 0 Å². The van der Waals surface area contributed by atoms with Crippen molar-refractivity contribution in [1.29, 1.82) is 0 Å². The molecule has 2 N–H and O–H groups in total. The Balaban J connectivity index is 1.66. The number of halogens is 3. The Morgan fingerprint density at radius 1 is 1.08 bits per heavy atom. The molecule has 0 bridgehead atoms.